The second-order valence-electron chi connectivity index (χ2n) is 4.73. The van der Waals surface area contributed by atoms with E-state index in [9.17, 15) is 9.59 Å². The van der Waals surface area contributed by atoms with Crippen molar-refractivity contribution >= 4 is 29.2 Å². The van der Waals surface area contributed by atoms with Gasteiger partial charge in [0.2, 0.25) is 5.91 Å². The molecule has 1 aliphatic heterocycles. The molecule has 1 aliphatic rings. The van der Waals surface area contributed by atoms with Crippen molar-refractivity contribution in [2.75, 3.05) is 5.32 Å². The van der Waals surface area contributed by atoms with Crippen molar-refractivity contribution in [1.82, 2.24) is 10.3 Å². The molecule has 0 aromatic carbocycles. The van der Waals surface area contributed by atoms with Crippen LogP contribution < -0.4 is 22.1 Å². The molecule has 0 bridgehead atoms. The van der Waals surface area contributed by atoms with Crippen LogP contribution in [0.4, 0.5) is 5.69 Å². The van der Waals surface area contributed by atoms with Crippen molar-refractivity contribution in [2.45, 2.75) is 18.9 Å². The van der Waals surface area contributed by atoms with E-state index in [-0.39, 0.29) is 17.4 Å². The van der Waals surface area contributed by atoms with E-state index >= 15 is 0 Å². The summed E-state index contributed by atoms with van der Waals surface area (Å²) < 4.78 is 0. The number of rotatable bonds is 5. The predicted octanol–water partition coefficient (Wildman–Crippen LogP) is -0.348. The molecule has 0 spiro atoms. The lowest BCUT2D eigenvalue weighted by atomic mass is 10.2. The Hall–Kier alpha value is -3.10. The van der Waals surface area contributed by atoms with E-state index in [0.29, 0.717) is 24.4 Å². The summed E-state index contributed by atoms with van der Waals surface area (Å²) in [7, 11) is 0. The van der Waals surface area contributed by atoms with Crippen LogP contribution in [0.1, 0.15) is 23.3 Å². The summed E-state index contributed by atoms with van der Waals surface area (Å²) >= 11 is 0. The molecule has 22 heavy (non-hydrogen) atoms. The van der Waals surface area contributed by atoms with Gasteiger partial charge < -0.3 is 27.1 Å². The van der Waals surface area contributed by atoms with Gasteiger partial charge in [0.1, 0.15) is 17.6 Å². The number of H-pyrrole nitrogens is 1. The van der Waals surface area contributed by atoms with Crippen molar-refractivity contribution in [3.05, 3.63) is 30.2 Å². The maximum atomic E-state index is 11.9. The van der Waals surface area contributed by atoms with E-state index in [1.165, 1.54) is 24.5 Å². The highest BCUT2D eigenvalue weighted by molar-refractivity contribution is 6.00. The van der Waals surface area contributed by atoms with Gasteiger partial charge in [-0.2, -0.15) is 0 Å². The summed E-state index contributed by atoms with van der Waals surface area (Å²) in [6, 6.07) is 1.02. The average Bonchev–Trinajstić information content (AvgIpc) is 3.07. The number of hydrogen-bond acceptors (Lipinski definition) is 5. The molecule has 0 unspecified atom stereocenters. The number of anilines is 1. The number of nitrogens with zero attached hydrogens (tertiary/aromatic N) is 1. The quantitative estimate of drug-likeness (QED) is 0.324. The molecule has 1 aromatic rings. The molecule has 2 amide bonds. The molecule has 116 valence electrons. The van der Waals surface area contributed by atoms with Gasteiger partial charge in [0.25, 0.3) is 5.91 Å². The Morgan fingerprint density at radius 2 is 2.27 bits per heavy atom. The van der Waals surface area contributed by atoms with Crippen molar-refractivity contribution in [3.8, 4) is 0 Å². The van der Waals surface area contributed by atoms with Gasteiger partial charge >= 0.3 is 0 Å². The summed E-state index contributed by atoms with van der Waals surface area (Å²) in [6.45, 7) is 0. The zero-order valence-corrected chi connectivity index (χ0v) is 11.7. The molecule has 2 rings (SSSR count). The Labute approximate surface area is 126 Å². The standard InChI is InChI=1S/C13H17N7O2/c14-10(15)3-4-17-12(21)9-5-7(6-18-9)19-13(22)8-1-2-11(16)20-8/h3-6,8,18H,1-2H2,(H3,14,15)(H2,16,20)(H,17,21)(H,19,22)/b4-3+/t8-/m1/s1. The lowest BCUT2D eigenvalue weighted by Crippen LogP contribution is -2.24. The Balaban J connectivity index is 1.92. The molecule has 0 saturated carbocycles. The number of amides is 2. The number of aromatic amines is 1. The van der Waals surface area contributed by atoms with Gasteiger partial charge in [0.05, 0.1) is 11.5 Å². The van der Waals surface area contributed by atoms with Crippen LogP contribution in [0.5, 0.6) is 0 Å². The van der Waals surface area contributed by atoms with Gasteiger partial charge in [-0.15, -0.1) is 0 Å². The summed E-state index contributed by atoms with van der Waals surface area (Å²) in [4.78, 5) is 30.5. The fraction of sp³-hybridized carbons (Fsp3) is 0.231. The summed E-state index contributed by atoms with van der Waals surface area (Å²) in [5.41, 5.74) is 11.4. The highest BCUT2D eigenvalue weighted by Gasteiger charge is 2.23. The van der Waals surface area contributed by atoms with E-state index in [1.807, 2.05) is 0 Å². The first kappa shape index (κ1) is 15.3. The second kappa shape index (κ2) is 6.57. The lowest BCUT2D eigenvalue weighted by Gasteiger charge is -2.06. The Morgan fingerprint density at radius 1 is 1.50 bits per heavy atom. The van der Waals surface area contributed by atoms with Crippen LogP contribution in [0.3, 0.4) is 0 Å². The summed E-state index contributed by atoms with van der Waals surface area (Å²) in [5, 5.41) is 12.1. The van der Waals surface area contributed by atoms with Crippen molar-refractivity contribution in [2.24, 2.45) is 16.5 Å². The molecule has 0 aliphatic carbocycles. The highest BCUT2D eigenvalue weighted by Crippen LogP contribution is 2.15. The molecule has 0 radical (unpaired) electrons. The van der Waals surface area contributed by atoms with Gasteiger partial charge in [0.15, 0.2) is 0 Å². The van der Waals surface area contributed by atoms with Crippen LogP contribution in [0.2, 0.25) is 0 Å². The van der Waals surface area contributed by atoms with Crippen LogP contribution in [0.15, 0.2) is 29.5 Å². The molecule has 8 N–H and O–H groups in total. The maximum Gasteiger partial charge on any atom is 0.271 e. The number of nitrogens with two attached hydrogens (primary N) is 2. The first-order valence-electron chi connectivity index (χ1n) is 6.58. The molecule has 0 saturated heterocycles. The van der Waals surface area contributed by atoms with E-state index in [2.05, 4.69) is 20.6 Å². The van der Waals surface area contributed by atoms with Gasteiger partial charge in [-0.05, 0) is 18.6 Å². The van der Waals surface area contributed by atoms with Crippen molar-refractivity contribution in [3.63, 3.8) is 0 Å². The predicted molar refractivity (Wildman–Crippen MR) is 82.6 cm³/mol. The average molecular weight is 303 g/mol. The minimum absolute atomic E-state index is 0.170. The molecule has 1 aromatic heterocycles. The summed E-state index contributed by atoms with van der Waals surface area (Å²) in [6.07, 6.45) is 5.21. The van der Waals surface area contributed by atoms with Gasteiger partial charge in [0, 0.05) is 18.8 Å². The summed E-state index contributed by atoms with van der Waals surface area (Å²) in [5.74, 6) is -0.369. The fourth-order valence-corrected chi connectivity index (χ4v) is 1.91. The molecule has 1 atom stereocenters. The molecule has 9 nitrogen and oxygen atoms in total. The second-order valence-corrected chi connectivity index (χ2v) is 4.73. The van der Waals surface area contributed by atoms with E-state index in [0.717, 1.165) is 0 Å². The smallest absolute Gasteiger partial charge is 0.271 e. The van der Waals surface area contributed by atoms with Gasteiger partial charge in [-0.25, -0.2) is 0 Å². The minimum atomic E-state index is -0.481. The number of carbonyl (C=O) groups is 2. The van der Waals surface area contributed by atoms with Crippen molar-refractivity contribution < 1.29 is 9.59 Å². The topological polar surface area (TPSA) is 162 Å². The third-order valence-electron chi connectivity index (χ3n) is 2.97. The molecular weight excluding hydrogens is 286 g/mol. The number of nitrogens with one attached hydrogen (secondary N) is 4. The number of aromatic nitrogens is 1. The van der Waals surface area contributed by atoms with E-state index in [1.54, 1.807) is 0 Å². The number of carbonyl (C=O) groups excluding carboxylic acids is 2. The first-order chi connectivity index (χ1) is 10.5. The normalized spacial score (nSPS) is 17.3. The monoisotopic (exact) mass is 303 g/mol. The van der Waals surface area contributed by atoms with Crippen LogP contribution in [0.25, 0.3) is 0 Å². The van der Waals surface area contributed by atoms with Crippen LogP contribution in [0, 0.1) is 5.41 Å². The maximum absolute atomic E-state index is 11.9. The van der Waals surface area contributed by atoms with Crippen LogP contribution in [-0.4, -0.2) is 34.5 Å². The third kappa shape index (κ3) is 3.95. The van der Waals surface area contributed by atoms with E-state index in [4.69, 9.17) is 16.9 Å². The number of amidine groups is 2. The molecule has 0 fully saturated rings. The zero-order valence-electron chi connectivity index (χ0n) is 11.7. The Kier molecular flexibility index (Phi) is 4.57. The largest absolute Gasteiger partial charge is 0.387 e. The number of aliphatic imine (C=N–C) groups is 1. The number of hydrogen-bond donors (Lipinski definition) is 6. The van der Waals surface area contributed by atoms with Crippen molar-refractivity contribution in [1.29, 1.82) is 5.41 Å². The van der Waals surface area contributed by atoms with Crippen LogP contribution >= 0.6 is 0 Å². The third-order valence-corrected chi connectivity index (χ3v) is 2.97. The van der Waals surface area contributed by atoms with E-state index < -0.39 is 11.9 Å². The van der Waals surface area contributed by atoms with Crippen LogP contribution in [-0.2, 0) is 4.79 Å². The lowest BCUT2D eigenvalue weighted by molar-refractivity contribution is -0.117. The SMILES string of the molecule is N=C(N)/C=C/NC(=O)c1cc(NC(=O)[C@H]2CCC(N)=N2)c[nH]1. The minimum Gasteiger partial charge on any atom is -0.387 e. The molecular formula is C13H17N7O2. The zero-order chi connectivity index (χ0) is 16.1. The fourth-order valence-electron chi connectivity index (χ4n) is 1.91. The van der Waals surface area contributed by atoms with Gasteiger partial charge in [-0.1, -0.05) is 0 Å². The molecule has 2 heterocycles. The Morgan fingerprint density at radius 3 is 2.91 bits per heavy atom. The first-order valence-corrected chi connectivity index (χ1v) is 6.58. The highest BCUT2D eigenvalue weighted by atomic mass is 16.2. The molecule has 9 heteroatoms. The van der Waals surface area contributed by atoms with Gasteiger partial charge in [-0.3, -0.25) is 20.0 Å². The Bertz CT molecular complexity index is 659.